The van der Waals surface area contributed by atoms with E-state index >= 15 is 0 Å². The van der Waals surface area contributed by atoms with Crippen molar-refractivity contribution in [2.24, 2.45) is 0 Å². The van der Waals surface area contributed by atoms with Gasteiger partial charge in [0, 0.05) is 5.02 Å². The van der Waals surface area contributed by atoms with Crippen molar-refractivity contribution in [3.8, 4) is 0 Å². The molecule has 0 saturated heterocycles. The highest BCUT2D eigenvalue weighted by atomic mass is 35.5. The highest BCUT2D eigenvalue weighted by Gasteiger charge is 2.18. The second-order valence-electron chi connectivity index (χ2n) is 4.36. The zero-order chi connectivity index (χ0) is 14.6. The van der Waals surface area contributed by atoms with E-state index in [0.29, 0.717) is 17.3 Å². The number of benzene rings is 1. The van der Waals surface area contributed by atoms with Crippen molar-refractivity contribution in [1.29, 1.82) is 0 Å². The Morgan fingerprint density at radius 1 is 1.20 bits per heavy atom. The lowest BCUT2D eigenvalue weighted by Crippen LogP contribution is -2.10. The molecule has 0 aliphatic heterocycles. The largest absolute Gasteiger partial charge is 0.464 e. The Hall–Kier alpha value is -1.30. The van der Waals surface area contributed by atoms with Crippen LogP contribution in [-0.2, 0) is 22.1 Å². The predicted molar refractivity (Wildman–Crippen MR) is 78.4 cm³/mol. The van der Waals surface area contributed by atoms with Crippen LogP contribution in [0.1, 0.15) is 18.4 Å². The fourth-order valence-corrected chi connectivity index (χ4v) is 3.32. The molecule has 1 N–H and O–H groups in total. The third-order valence-electron chi connectivity index (χ3n) is 2.75. The predicted octanol–water partition coefficient (Wildman–Crippen LogP) is 3.02. The second-order valence-corrected chi connectivity index (χ2v) is 6.79. The van der Waals surface area contributed by atoms with Gasteiger partial charge in [-0.25, -0.2) is 8.42 Å². The van der Waals surface area contributed by atoms with Gasteiger partial charge in [-0.2, -0.15) is 0 Å². The smallest absolute Gasteiger partial charge is 0.185 e. The van der Waals surface area contributed by atoms with Gasteiger partial charge in [-0.1, -0.05) is 24.6 Å². The normalized spacial score (nSPS) is 11.7. The number of sulfone groups is 1. The Labute approximate surface area is 123 Å². The molecular weight excluding hydrogens is 298 g/mol. The van der Waals surface area contributed by atoms with Crippen LogP contribution in [0.3, 0.4) is 0 Å². The Kier molecular flexibility index (Phi) is 4.86. The maximum absolute atomic E-state index is 12.2. The summed E-state index contributed by atoms with van der Waals surface area (Å²) in [6.07, 6.45) is 0. The van der Waals surface area contributed by atoms with Crippen molar-refractivity contribution in [3.05, 3.63) is 52.9 Å². The molecular formula is C14H16ClNO3S. The van der Waals surface area contributed by atoms with Gasteiger partial charge in [-0.3, -0.25) is 0 Å². The van der Waals surface area contributed by atoms with Crippen molar-refractivity contribution < 1.29 is 12.8 Å². The lowest BCUT2D eigenvalue weighted by Gasteiger charge is -2.03. The van der Waals surface area contributed by atoms with Crippen molar-refractivity contribution >= 4 is 21.4 Å². The number of rotatable bonds is 6. The molecule has 1 heterocycles. The third kappa shape index (κ3) is 3.85. The minimum Gasteiger partial charge on any atom is -0.464 e. The zero-order valence-electron chi connectivity index (χ0n) is 11.1. The quantitative estimate of drug-likeness (QED) is 0.890. The Bertz CT molecular complexity index is 679. The van der Waals surface area contributed by atoms with Crippen LogP contribution < -0.4 is 5.32 Å². The van der Waals surface area contributed by atoms with Gasteiger partial charge in [0.15, 0.2) is 9.84 Å². The monoisotopic (exact) mass is 313 g/mol. The Balaban J connectivity index is 2.14. The Morgan fingerprint density at radius 2 is 1.95 bits per heavy atom. The molecule has 0 saturated carbocycles. The summed E-state index contributed by atoms with van der Waals surface area (Å²) in [5, 5.41) is 3.52. The summed E-state index contributed by atoms with van der Waals surface area (Å²) in [5.74, 6) is 0.987. The topological polar surface area (TPSA) is 59.3 Å². The molecule has 20 heavy (non-hydrogen) atoms. The fourth-order valence-electron chi connectivity index (χ4n) is 1.77. The van der Waals surface area contributed by atoms with Crippen LogP contribution in [0, 0.1) is 0 Å². The van der Waals surface area contributed by atoms with Crippen LogP contribution in [0.15, 0.2) is 45.7 Å². The minimum atomic E-state index is -3.44. The third-order valence-corrected chi connectivity index (χ3v) is 4.63. The first-order valence-corrected chi connectivity index (χ1v) is 8.31. The summed E-state index contributed by atoms with van der Waals surface area (Å²) in [6.45, 7) is 3.41. The molecule has 0 bridgehead atoms. The van der Waals surface area contributed by atoms with Crippen LogP contribution >= 0.6 is 11.6 Å². The fraction of sp³-hybridized carbons (Fsp3) is 0.286. The van der Waals surface area contributed by atoms with Crippen LogP contribution in [0.2, 0.25) is 5.02 Å². The first-order chi connectivity index (χ1) is 9.51. The molecule has 2 rings (SSSR count). The molecule has 108 valence electrons. The molecule has 1 aromatic carbocycles. The lowest BCUT2D eigenvalue weighted by molar-refractivity contribution is 0.459. The Morgan fingerprint density at radius 3 is 2.65 bits per heavy atom. The summed E-state index contributed by atoms with van der Waals surface area (Å²) < 4.78 is 30.0. The van der Waals surface area contributed by atoms with Crippen LogP contribution in [0.25, 0.3) is 0 Å². The van der Waals surface area contributed by atoms with Crippen LogP contribution in [0.5, 0.6) is 0 Å². The van der Waals surface area contributed by atoms with Crippen molar-refractivity contribution in [1.82, 2.24) is 5.32 Å². The molecule has 4 nitrogen and oxygen atoms in total. The molecule has 0 fully saturated rings. The number of furan rings is 1. The van der Waals surface area contributed by atoms with Crippen molar-refractivity contribution in [2.75, 3.05) is 6.54 Å². The summed E-state index contributed by atoms with van der Waals surface area (Å²) in [7, 11) is -3.44. The minimum absolute atomic E-state index is 0.167. The van der Waals surface area contributed by atoms with Gasteiger partial charge in [0.1, 0.15) is 17.3 Å². The average molecular weight is 314 g/mol. The van der Waals surface area contributed by atoms with E-state index in [1.54, 1.807) is 24.3 Å². The van der Waals surface area contributed by atoms with Gasteiger partial charge >= 0.3 is 0 Å². The maximum Gasteiger partial charge on any atom is 0.185 e. The highest BCUT2D eigenvalue weighted by Crippen LogP contribution is 2.21. The van der Waals surface area contributed by atoms with Crippen LogP contribution in [0.4, 0.5) is 0 Å². The van der Waals surface area contributed by atoms with E-state index in [2.05, 4.69) is 5.32 Å². The maximum atomic E-state index is 12.2. The highest BCUT2D eigenvalue weighted by molar-refractivity contribution is 7.90. The molecule has 1 aromatic heterocycles. The van der Waals surface area contributed by atoms with Crippen molar-refractivity contribution in [3.63, 3.8) is 0 Å². The number of halogens is 1. The van der Waals surface area contributed by atoms with Gasteiger partial charge < -0.3 is 9.73 Å². The summed E-state index contributed by atoms with van der Waals surface area (Å²) in [5.41, 5.74) is 0. The van der Waals surface area contributed by atoms with Gasteiger partial charge in [0.2, 0.25) is 0 Å². The first kappa shape index (κ1) is 15.1. The van der Waals surface area contributed by atoms with E-state index in [0.717, 1.165) is 12.3 Å². The van der Waals surface area contributed by atoms with Crippen LogP contribution in [-0.4, -0.2) is 15.0 Å². The molecule has 0 atom stereocenters. The van der Waals surface area contributed by atoms with E-state index in [1.165, 1.54) is 12.1 Å². The van der Waals surface area contributed by atoms with Crippen molar-refractivity contribution in [2.45, 2.75) is 24.1 Å². The molecule has 0 spiro atoms. The molecule has 0 amide bonds. The number of nitrogens with one attached hydrogen (secondary N) is 1. The average Bonchev–Trinajstić information content (AvgIpc) is 2.83. The van der Waals surface area contributed by atoms with E-state index < -0.39 is 9.84 Å². The van der Waals surface area contributed by atoms with Gasteiger partial charge in [-0.05, 0) is 36.9 Å². The molecule has 0 unspecified atom stereocenters. The first-order valence-electron chi connectivity index (χ1n) is 6.28. The van der Waals surface area contributed by atoms with Gasteiger partial charge in [0.05, 0.1) is 11.4 Å². The zero-order valence-corrected chi connectivity index (χ0v) is 12.7. The summed E-state index contributed by atoms with van der Waals surface area (Å²) in [4.78, 5) is 0.203. The van der Waals surface area contributed by atoms with Gasteiger partial charge in [0.25, 0.3) is 0 Å². The lowest BCUT2D eigenvalue weighted by atomic mass is 10.4. The van der Waals surface area contributed by atoms with E-state index in [9.17, 15) is 8.42 Å². The van der Waals surface area contributed by atoms with E-state index in [1.807, 2.05) is 6.92 Å². The van der Waals surface area contributed by atoms with E-state index in [-0.39, 0.29) is 10.6 Å². The molecule has 0 radical (unpaired) electrons. The van der Waals surface area contributed by atoms with Gasteiger partial charge in [-0.15, -0.1) is 0 Å². The number of hydrogen-bond acceptors (Lipinski definition) is 4. The van der Waals surface area contributed by atoms with E-state index in [4.69, 9.17) is 16.0 Å². The second kappa shape index (κ2) is 6.43. The standard InChI is InChI=1S/C14H16ClNO3S/c1-2-16-9-12-6-7-13(19-12)10-20(17,18)14-5-3-4-11(15)8-14/h3-8,16H,2,9-10H2,1H3. The molecule has 6 heteroatoms. The SMILES string of the molecule is CCNCc1ccc(CS(=O)(=O)c2cccc(Cl)c2)o1. The number of hydrogen-bond donors (Lipinski definition) is 1. The molecule has 0 aliphatic rings. The molecule has 0 aliphatic carbocycles. The molecule has 2 aromatic rings. The summed E-state index contributed by atoms with van der Waals surface area (Å²) >= 11 is 5.82. The summed E-state index contributed by atoms with van der Waals surface area (Å²) in [6, 6.07) is 9.71.